The molecule has 0 N–H and O–H groups in total. The van der Waals surface area contributed by atoms with E-state index in [2.05, 4.69) is 13.8 Å². The molecule has 0 saturated carbocycles. The number of sulfonamides is 1. The van der Waals surface area contributed by atoms with E-state index in [1.807, 2.05) is 24.3 Å². The first-order chi connectivity index (χ1) is 11.2. The second-order valence-electron chi connectivity index (χ2n) is 6.44. The van der Waals surface area contributed by atoms with Crippen molar-refractivity contribution in [2.45, 2.75) is 32.8 Å². The standard InChI is InChI=1S/C17H26N2O4S/c1-13(2)15-7-5-6-8-16(15)23-14(3)17(20)18-9-11-19(12-10-18)24(4,21)22/h5-8,13-14H,9-12H2,1-4H3. The summed E-state index contributed by atoms with van der Waals surface area (Å²) in [6, 6.07) is 7.73. The van der Waals surface area contributed by atoms with Gasteiger partial charge in [0, 0.05) is 26.2 Å². The van der Waals surface area contributed by atoms with Gasteiger partial charge in [0.2, 0.25) is 10.0 Å². The molecule has 0 bridgehead atoms. The molecule has 7 heteroatoms. The zero-order valence-electron chi connectivity index (χ0n) is 14.7. The number of amides is 1. The molecule has 1 fully saturated rings. The molecule has 0 spiro atoms. The molecule has 6 nitrogen and oxygen atoms in total. The third-order valence-corrected chi connectivity index (χ3v) is 5.52. The molecule has 1 saturated heterocycles. The van der Waals surface area contributed by atoms with Crippen LogP contribution < -0.4 is 4.74 Å². The van der Waals surface area contributed by atoms with Gasteiger partial charge in [-0.1, -0.05) is 32.0 Å². The first kappa shape index (κ1) is 18.7. The summed E-state index contributed by atoms with van der Waals surface area (Å²) >= 11 is 0. The van der Waals surface area contributed by atoms with E-state index in [-0.39, 0.29) is 5.91 Å². The van der Waals surface area contributed by atoms with Crippen molar-refractivity contribution in [3.05, 3.63) is 29.8 Å². The monoisotopic (exact) mass is 354 g/mol. The Hall–Kier alpha value is -1.60. The quantitative estimate of drug-likeness (QED) is 0.807. The number of hydrogen-bond acceptors (Lipinski definition) is 4. The van der Waals surface area contributed by atoms with Crippen LogP contribution in [-0.2, 0) is 14.8 Å². The molecule has 1 amide bonds. The number of para-hydroxylation sites is 1. The average Bonchev–Trinajstić information content (AvgIpc) is 2.53. The number of ether oxygens (including phenoxy) is 1. The van der Waals surface area contributed by atoms with Crippen LogP contribution in [0.15, 0.2) is 24.3 Å². The second kappa shape index (κ2) is 7.53. The lowest BCUT2D eigenvalue weighted by Gasteiger charge is -2.34. The predicted molar refractivity (Wildman–Crippen MR) is 93.6 cm³/mol. The molecule has 1 aliphatic rings. The number of piperazine rings is 1. The minimum atomic E-state index is -3.19. The fourth-order valence-electron chi connectivity index (χ4n) is 2.80. The summed E-state index contributed by atoms with van der Waals surface area (Å²) in [4.78, 5) is 14.2. The van der Waals surface area contributed by atoms with Crippen LogP contribution in [0.1, 0.15) is 32.3 Å². The maximum absolute atomic E-state index is 12.6. The van der Waals surface area contributed by atoms with Gasteiger partial charge in [-0.2, -0.15) is 4.31 Å². The first-order valence-corrected chi connectivity index (χ1v) is 10.0. The lowest BCUT2D eigenvalue weighted by molar-refractivity contribution is -0.139. The Bertz CT molecular complexity index is 680. The van der Waals surface area contributed by atoms with Crippen LogP contribution in [0.3, 0.4) is 0 Å². The van der Waals surface area contributed by atoms with Crippen LogP contribution in [0.4, 0.5) is 0 Å². The van der Waals surface area contributed by atoms with E-state index >= 15 is 0 Å². The highest BCUT2D eigenvalue weighted by Gasteiger charge is 2.29. The molecule has 1 aromatic carbocycles. The first-order valence-electron chi connectivity index (χ1n) is 8.19. The topological polar surface area (TPSA) is 66.9 Å². The van der Waals surface area contributed by atoms with Gasteiger partial charge in [0.25, 0.3) is 5.91 Å². The van der Waals surface area contributed by atoms with E-state index in [1.165, 1.54) is 10.6 Å². The van der Waals surface area contributed by atoms with Crippen LogP contribution in [0.5, 0.6) is 5.75 Å². The molecule has 2 rings (SSSR count). The molecule has 1 aliphatic heterocycles. The van der Waals surface area contributed by atoms with Gasteiger partial charge in [0.05, 0.1) is 6.26 Å². The summed E-state index contributed by atoms with van der Waals surface area (Å²) < 4.78 is 30.4. The fourth-order valence-corrected chi connectivity index (χ4v) is 3.63. The van der Waals surface area contributed by atoms with Gasteiger partial charge in [0.15, 0.2) is 6.10 Å². The predicted octanol–water partition coefficient (Wildman–Crippen LogP) is 1.68. The van der Waals surface area contributed by atoms with Crippen LogP contribution in [0, 0.1) is 0 Å². The highest BCUT2D eigenvalue weighted by atomic mass is 32.2. The maximum Gasteiger partial charge on any atom is 0.263 e. The Morgan fingerprint density at radius 2 is 1.67 bits per heavy atom. The van der Waals surface area contributed by atoms with Crippen LogP contribution in [-0.4, -0.2) is 62.1 Å². The zero-order valence-corrected chi connectivity index (χ0v) is 15.5. The van der Waals surface area contributed by atoms with Crippen molar-refractivity contribution >= 4 is 15.9 Å². The van der Waals surface area contributed by atoms with E-state index in [4.69, 9.17) is 4.74 Å². The van der Waals surface area contributed by atoms with E-state index in [0.29, 0.717) is 32.1 Å². The van der Waals surface area contributed by atoms with Crippen molar-refractivity contribution in [1.29, 1.82) is 0 Å². The Labute approximate surface area is 144 Å². The van der Waals surface area contributed by atoms with Crippen molar-refractivity contribution in [3.8, 4) is 5.75 Å². The number of hydrogen-bond donors (Lipinski definition) is 0. The van der Waals surface area contributed by atoms with Gasteiger partial charge in [-0.3, -0.25) is 4.79 Å². The number of carbonyl (C=O) groups excluding carboxylic acids is 1. The number of rotatable bonds is 5. The Kier molecular flexibility index (Phi) is 5.87. The second-order valence-corrected chi connectivity index (χ2v) is 8.42. The van der Waals surface area contributed by atoms with Gasteiger partial charge < -0.3 is 9.64 Å². The molecule has 1 aromatic rings. The zero-order chi connectivity index (χ0) is 17.9. The summed E-state index contributed by atoms with van der Waals surface area (Å²) in [6.45, 7) is 7.36. The van der Waals surface area contributed by atoms with Gasteiger partial charge in [-0.15, -0.1) is 0 Å². The minimum absolute atomic E-state index is 0.110. The van der Waals surface area contributed by atoms with Gasteiger partial charge in [0.1, 0.15) is 5.75 Å². The highest BCUT2D eigenvalue weighted by Crippen LogP contribution is 2.27. The number of carbonyl (C=O) groups is 1. The van der Waals surface area contributed by atoms with E-state index in [1.54, 1.807) is 11.8 Å². The van der Waals surface area contributed by atoms with Crippen LogP contribution >= 0.6 is 0 Å². The molecule has 1 atom stereocenters. The lowest BCUT2D eigenvalue weighted by Crippen LogP contribution is -2.53. The molecule has 134 valence electrons. The van der Waals surface area contributed by atoms with Gasteiger partial charge >= 0.3 is 0 Å². The van der Waals surface area contributed by atoms with Crippen molar-refractivity contribution in [1.82, 2.24) is 9.21 Å². The van der Waals surface area contributed by atoms with Gasteiger partial charge in [-0.05, 0) is 24.5 Å². The lowest BCUT2D eigenvalue weighted by atomic mass is 10.0. The SMILES string of the molecule is CC(Oc1ccccc1C(C)C)C(=O)N1CCN(S(C)(=O)=O)CC1. The smallest absolute Gasteiger partial charge is 0.263 e. The average molecular weight is 354 g/mol. The summed E-state index contributed by atoms with van der Waals surface area (Å²) in [5.74, 6) is 0.923. The Morgan fingerprint density at radius 3 is 2.21 bits per heavy atom. The van der Waals surface area contributed by atoms with Crippen LogP contribution in [0.25, 0.3) is 0 Å². The van der Waals surface area contributed by atoms with Crippen molar-refractivity contribution in [2.75, 3.05) is 32.4 Å². The Balaban J connectivity index is 1.99. The Morgan fingerprint density at radius 1 is 1.08 bits per heavy atom. The third-order valence-electron chi connectivity index (χ3n) is 4.21. The minimum Gasteiger partial charge on any atom is -0.481 e. The molecule has 1 heterocycles. The van der Waals surface area contributed by atoms with Crippen LogP contribution in [0.2, 0.25) is 0 Å². The molecule has 0 aliphatic carbocycles. The van der Waals surface area contributed by atoms with Gasteiger partial charge in [-0.25, -0.2) is 8.42 Å². The molecule has 0 aromatic heterocycles. The normalized spacial score (nSPS) is 17.8. The summed E-state index contributed by atoms with van der Waals surface area (Å²) in [6.07, 6.45) is 0.591. The highest BCUT2D eigenvalue weighted by molar-refractivity contribution is 7.88. The van der Waals surface area contributed by atoms with E-state index in [9.17, 15) is 13.2 Å². The maximum atomic E-state index is 12.6. The molecule has 0 radical (unpaired) electrons. The summed E-state index contributed by atoms with van der Waals surface area (Å²) in [5, 5.41) is 0. The van der Waals surface area contributed by atoms with Crippen molar-refractivity contribution in [3.63, 3.8) is 0 Å². The third kappa shape index (κ3) is 4.48. The molecular formula is C17H26N2O4S. The van der Waals surface area contributed by atoms with Crippen molar-refractivity contribution < 1.29 is 17.9 Å². The largest absolute Gasteiger partial charge is 0.481 e. The fraction of sp³-hybridized carbons (Fsp3) is 0.588. The molecule has 24 heavy (non-hydrogen) atoms. The molecule has 1 unspecified atom stereocenters. The van der Waals surface area contributed by atoms with E-state index < -0.39 is 16.1 Å². The summed E-state index contributed by atoms with van der Waals surface area (Å²) in [5.41, 5.74) is 1.07. The number of nitrogens with zero attached hydrogens (tertiary/aromatic N) is 2. The summed E-state index contributed by atoms with van der Waals surface area (Å²) in [7, 11) is -3.19. The molecular weight excluding hydrogens is 328 g/mol. The van der Waals surface area contributed by atoms with E-state index in [0.717, 1.165) is 11.3 Å². The van der Waals surface area contributed by atoms with Crippen molar-refractivity contribution in [2.24, 2.45) is 0 Å². The number of benzene rings is 1.